The Hall–Kier alpha value is -1.79. The van der Waals surface area contributed by atoms with E-state index in [4.69, 9.17) is 15.0 Å². The van der Waals surface area contributed by atoms with Crippen LogP contribution in [-0.4, -0.2) is 34.4 Å². The number of pyridine rings is 1. The van der Waals surface area contributed by atoms with Gasteiger partial charge in [0.15, 0.2) is 5.82 Å². The molecule has 2 N–H and O–H groups in total. The van der Waals surface area contributed by atoms with Gasteiger partial charge in [-0.05, 0) is 24.1 Å². The van der Waals surface area contributed by atoms with Crippen LogP contribution in [0.25, 0.3) is 0 Å². The molecule has 1 saturated heterocycles. The fourth-order valence-electron chi connectivity index (χ4n) is 2.18. The number of nitrogens with two attached hydrogens (primary N) is 1. The predicted octanol–water partition coefficient (Wildman–Crippen LogP) is 0.887. The van der Waals surface area contributed by atoms with Gasteiger partial charge in [0.05, 0.1) is 12.5 Å². The maximum Gasteiger partial charge on any atom is 0.233 e. The highest BCUT2D eigenvalue weighted by atomic mass is 16.5. The molecule has 19 heavy (non-hydrogen) atoms. The molecule has 0 aromatic carbocycles. The van der Waals surface area contributed by atoms with E-state index in [1.165, 1.54) is 0 Å². The van der Waals surface area contributed by atoms with Crippen LogP contribution in [0.4, 0.5) is 0 Å². The summed E-state index contributed by atoms with van der Waals surface area (Å²) in [6.45, 7) is 1.26. The minimum absolute atomic E-state index is 0.00689. The largest absolute Gasteiger partial charge is 0.381 e. The Bertz CT molecular complexity index is 528. The summed E-state index contributed by atoms with van der Waals surface area (Å²) in [4.78, 5) is 8.40. The molecular weight excluding hydrogens is 244 g/mol. The maximum absolute atomic E-state index is 6.06. The van der Waals surface area contributed by atoms with Crippen molar-refractivity contribution < 1.29 is 9.26 Å². The summed E-state index contributed by atoms with van der Waals surface area (Å²) in [7, 11) is 0. The normalized spacial score (nSPS) is 23.4. The lowest BCUT2D eigenvalue weighted by atomic mass is 9.97. The van der Waals surface area contributed by atoms with Crippen molar-refractivity contribution in [2.75, 3.05) is 13.2 Å². The summed E-state index contributed by atoms with van der Waals surface area (Å²) in [5, 5.41) is 4.00. The molecule has 2 aromatic rings. The van der Waals surface area contributed by atoms with Crippen LogP contribution in [0.3, 0.4) is 0 Å². The van der Waals surface area contributed by atoms with Crippen LogP contribution in [-0.2, 0) is 11.2 Å². The van der Waals surface area contributed by atoms with E-state index in [1.54, 1.807) is 12.4 Å². The maximum atomic E-state index is 6.06. The van der Waals surface area contributed by atoms with Crippen LogP contribution in [0.5, 0.6) is 0 Å². The third-order valence-electron chi connectivity index (χ3n) is 3.32. The molecule has 0 radical (unpaired) electrons. The zero-order chi connectivity index (χ0) is 13.1. The quantitative estimate of drug-likeness (QED) is 0.881. The lowest BCUT2D eigenvalue weighted by Gasteiger charge is -2.25. The summed E-state index contributed by atoms with van der Waals surface area (Å²) >= 11 is 0. The minimum Gasteiger partial charge on any atom is -0.381 e. The number of ether oxygens (including phenoxy) is 1. The third-order valence-corrected chi connectivity index (χ3v) is 3.32. The van der Waals surface area contributed by atoms with Gasteiger partial charge in [0, 0.05) is 31.5 Å². The standard InChI is InChI=1S/C13H16N4O2/c14-11-3-6-18-8-10(11)13-16-12(17-19-13)7-9-1-4-15-5-2-9/h1-2,4-5,10-11H,3,6-8,14H2. The van der Waals surface area contributed by atoms with Gasteiger partial charge in [0.2, 0.25) is 5.89 Å². The van der Waals surface area contributed by atoms with E-state index in [0.717, 1.165) is 12.0 Å². The van der Waals surface area contributed by atoms with Crippen LogP contribution >= 0.6 is 0 Å². The van der Waals surface area contributed by atoms with Crippen molar-refractivity contribution >= 4 is 0 Å². The monoisotopic (exact) mass is 260 g/mol. The molecule has 1 fully saturated rings. The number of hydrogen-bond acceptors (Lipinski definition) is 6. The molecule has 6 heteroatoms. The van der Waals surface area contributed by atoms with Gasteiger partial charge in [0.25, 0.3) is 0 Å². The van der Waals surface area contributed by atoms with Crippen molar-refractivity contribution in [2.45, 2.75) is 24.8 Å². The first kappa shape index (κ1) is 12.3. The fourth-order valence-corrected chi connectivity index (χ4v) is 2.18. The lowest BCUT2D eigenvalue weighted by Crippen LogP contribution is -2.37. The van der Waals surface area contributed by atoms with Crippen molar-refractivity contribution in [3.8, 4) is 0 Å². The van der Waals surface area contributed by atoms with Crippen molar-refractivity contribution in [3.63, 3.8) is 0 Å². The first-order chi connectivity index (χ1) is 9.33. The third kappa shape index (κ3) is 2.80. The van der Waals surface area contributed by atoms with Crippen molar-refractivity contribution in [3.05, 3.63) is 41.8 Å². The second-order valence-corrected chi connectivity index (χ2v) is 4.72. The van der Waals surface area contributed by atoms with Crippen LogP contribution in [0, 0.1) is 0 Å². The van der Waals surface area contributed by atoms with Crippen LogP contribution in [0.2, 0.25) is 0 Å². The molecule has 0 saturated carbocycles. The highest BCUT2D eigenvalue weighted by Crippen LogP contribution is 2.23. The predicted molar refractivity (Wildman–Crippen MR) is 67.5 cm³/mol. The Balaban J connectivity index is 1.72. The Labute approximate surface area is 111 Å². The van der Waals surface area contributed by atoms with Gasteiger partial charge in [-0.1, -0.05) is 5.16 Å². The second kappa shape index (κ2) is 5.46. The van der Waals surface area contributed by atoms with E-state index in [1.807, 2.05) is 12.1 Å². The molecular formula is C13H16N4O2. The summed E-state index contributed by atoms with van der Waals surface area (Å²) in [5.74, 6) is 1.25. The van der Waals surface area contributed by atoms with E-state index >= 15 is 0 Å². The average Bonchev–Trinajstić information content (AvgIpc) is 2.89. The molecule has 1 aliphatic rings. The number of aromatic nitrogens is 3. The molecule has 2 atom stereocenters. The Morgan fingerprint density at radius 1 is 1.32 bits per heavy atom. The molecule has 0 spiro atoms. The molecule has 100 valence electrons. The van der Waals surface area contributed by atoms with E-state index < -0.39 is 0 Å². The zero-order valence-electron chi connectivity index (χ0n) is 10.5. The van der Waals surface area contributed by atoms with Gasteiger partial charge in [-0.25, -0.2) is 0 Å². The summed E-state index contributed by atoms with van der Waals surface area (Å²) in [6, 6.07) is 3.90. The number of rotatable bonds is 3. The fraction of sp³-hybridized carbons (Fsp3) is 0.462. The number of hydrogen-bond donors (Lipinski definition) is 1. The second-order valence-electron chi connectivity index (χ2n) is 4.72. The highest BCUT2D eigenvalue weighted by molar-refractivity contribution is 5.15. The van der Waals surface area contributed by atoms with E-state index in [2.05, 4.69) is 15.1 Å². The van der Waals surface area contributed by atoms with E-state index in [9.17, 15) is 0 Å². The van der Waals surface area contributed by atoms with Crippen LogP contribution in [0.1, 0.15) is 29.6 Å². The minimum atomic E-state index is 0.00689. The Morgan fingerprint density at radius 2 is 2.16 bits per heavy atom. The summed E-state index contributed by atoms with van der Waals surface area (Å²) in [6.07, 6.45) is 4.96. The molecule has 1 aliphatic heterocycles. The van der Waals surface area contributed by atoms with Crippen molar-refractivity contribution in [2.24, 2.45) is 5.73 Å². The van der Waals surface area contributed by atoms with Crippen LogP contribution in [0.15, 0.2) is 29.0 Å². The molecule has 0 bridgehead atoms. The van der Waals surface area contributed by atoms with Gasteiger partial charge < -0.3 is 15.0 Å². The SMILES string of the molecule is NC1CCOCC1c1nc(Cc2ccncc2)no1. The van der Waals surface area contributed by atoms with Crippen LogP contribution < -0.4 is 5.73 Å². The first-order valence-electron chi connectivity index (χ1n) is 6.37. The summed E-state index contributed by atoms with van der Waals surface area (Å²) < 4.78 is 10.7. The average molecular weight is 260 g/mol. The molecule has 0 amide bonds. The molecule has 3 heterocycles. The molecule has 6 nitrogen and oxygen atoms in total. The molecule has 2 unspecified atom stereocenters. The molecule has 3 rings (SSSR count). The Morgan fingerprint density at radius 3 is 2.95 bits per heavy atom. The Kier molecular flexibility index (Phi) is 3.52. The molecule has 0 aliphatic carbocycles. The van der Waals surface area contributed by atoms with E-state index in [0.29, 0.717) is 31.3 Å². The van der Waals surface area contributed by atoms with E-state index in [-0.39, 0.29) is 12.0 Å². The van der Waals surface area contributed by atoms with Crippen molar-refractivity contribution in [1.82, 2.24) is 15.1 Å². The molecule has 2 aromatic heterocycles. The van der Waals surface area contributed by atoms with Gasteiger partial charge in [0.1, 0.15) is 0 Å². The first-order valence-corrected chi connectivity index (χ1v) is 6.37. The van der Waals surface area contributed by atoms with Gasteiger partial charge in [-0.2, -0.15) is 4.98 Å². The van der Waals surface area contributed by atoms with Gasteiger partial charge >= 0.3 is 0 Å². The van der Waals surface area contributed by atoms with Gasteiger partial charge in [-0.15, -0.1) is 0 Å². The smallest absolute Gasteiger partial charge is 0.233 e. The summed E-state index contributed by atoms with van der Waals surface area (Å²) in [5.41, 5.74) is 7.16. The lowest BCUT2D eigenvalue weighted by molar-refractivity contribution is 0.0590. The zero-order valence-corrected chi connectivity index (χ0v) is 10.5. The van der Waals surface area contributed by atoms with Crippen molar-refractivity contribution in [1.29, 1.82) is 0 Å². The highest BCUT2D eigenvalue weighted by Gasteiger charge is 2.29. The van der Waals surface area contributed by atoms with Gasteiger partial charge in [-0.3, -0.25) is 4.98 Å². The topological polar surface area (TPSA) is 87.1 Å². The number of nitrogens with zero attached hydrogens (tertiary/aromatic N) is 3.